The van der Waals surface area contributed by atoms with Crippen molar-refractivity contribution in [2.24, 2.45) is 0 Å². The topological polar surface area (TPSA) is 33.1 Å². The molecule has 0 amide bonds. The van der Waals surface area contributed by atoms with Crippen molar-refractivity contribution < 1.29 is 5.11 Å². The lowest BCUT2D eigenvalue weighted by molar-refractivity contribution is 0.220. The van der Waals surface area contributed by atoms with Gasteiger partial charge >= 0.3 is 0 Å². The molecule has 0 radical (unpaired) electrons. The molecule has 0 saturated heterocycles. The molecule has 2 rings (SSSR count). The van der Waals surface area contributed by atoms with Gasteiger partial charge in [0.05, 0.1) is 0 Å². The number of hydrogen-bond acceptors (Lipinski definition) is 2. The molecule has 82 valence electrons. The van der Waals surface area contributed by atoms with Gasteiger partial charge < -0.3 is 5.11 Å². The van der Waals surface area contributed by atoms with Gasteiger partial charge in [0.15, 0.2) is 0 Å². The average molecular weight is 325 g/mol. The van der Waals surface area contributed by atoms with Gasteiger partial charge in [-0.15, -0.1) is 0 Å². The van der Waals surface area contributed by atoms with Gasteiger partial charge in [-0.2, -0.15) is 0 Å². The average Bonchev–Trinajstić information content (AvgIpc) is 2.29. The van der Waals surface area contributed by atoms with Gasteiger partial charge in [-0.1, -0.05) is 18.2 Å². The molecule has 1 heterocycles. The Morgan fingerprint density at radius 2 is 2.00 bits per heavy atom. The minimum Gasteiger partial charge on any atom is -0.384 e. The largest absolute Gasteiger partial charge is 0.384 e. The summed E-state index contributed by atoms with van der Waals surface area (Å²) < 4.78 is 1.12. The molecule has 1 unspecified atom stereocenters. The number of aromatic nitrogens is 1. The van der Waals surface area contributed by atoms with Crippen molar-refractivity contribution >= 4 is 22.6 Å². The van der Waals surface area contributed by atoms with Gasteiger partial charge in [0.2, 0.25) is 0 Å². The fourth-order valence-corrected chi connectivity index (χ4v) is 2.08. The molecule has 3 heteroatoms. The second-order valence-corrected chi connectivity index (χ2v) is 4.94. The highest BCUT2D eigenvalue weighted by Crippen LogP contribution is 2.22. The van der Waals surface area contributed by atoms with E-state index in [1.807, 2.05) is 43.3 Å². The predicted molar refractivity (Wildman–Crippen MR) is 72.2 cm³/mol. The Kier molecular flexibility index (Phi) is 3.56. The monoisotopic (exact) mass is 325 g/mol. The van der Waals surface area contributed by atoms with Crippen molar-refractivity contribution in [1.82, 2.24) is 4.98 Å². The SMILES string of the molecule is Cc1ccc(C(O)c2cccc(I)c2)cn1. The van der Waals surface area contributed by atoms with Crippen LogP contribution < -0.4 is 0 Å². The van der Waals surface area contributed by atoms with Crippen LogP contribution in [0.3, 0.4) is 0 Å². The summed E-state index contributed by atoms with van der Waals surface area (Å²) in [6.07, 6.45) is 1.13. The van der Waals surface area contributed by atoms with Crippen LogP contribution in [0, 0.1) is 10.5 Å². The van der Waals surface area contributed by atoms with Crippen molar-refractivity contribution in [1.29, 1.82) is 0 Å². The maximum atomic E-state index is 10.2. The molecule has 0 aliphatic rings. The van der Waals surface area contributed by atoms with Crippen molar-refractivity contribution in [3.05, 3.63) is 63.0 Å². The molecule has 1 N–H and O–H groups in total. The number of aliphatic hydroxyl groups excluding tert-OH is 1. The minimum absolute atomic E-state index is 0.595. The number of halogens is 1. The summed E-state index contributed by atoms with van der Waals surface area (Å²) >= 11 is 2.24. The van der Waals surface area contributed by atoms with Crippen LogP contribution >= 0.6 is 22.6 Å². The second kappa shape index (κ2) is 4.93. The highest BCUT2D eigenvalue weighted by molar-refractivity contribution is 14.1. The van der Waals surface area contributed by atoms with Crippen molar-refractivity contribution in [2.75, 3.05) is 0 Å². The van der Waals surface area contributed by atoms with E-state index in [-0.39, 0.29) is 0 Å². The Labute approximate surface area is 108 Å². The summed E-state index contributed by atoms with van der Waals surface area (Å²) in [6, 6.07) is 11.7. The summed E-state index contributed by atoms with van der Waals surface area (Å²) in [5, 5.41) is 10.2. The highest BCUT2D eigenvalue weighted by Gasteiger charge is 2.10. The van der Waals surface area contributed by atoms with Crippen molar-refractivity contribution in [2.45, 2.75) is 13.0 Å². The fourth-order valence-electron chi connectivity index (χ4n) is 1.51. The number of rotatable bonds is 2. The van der Waals surface area contributed by atoms with E-state index in [0.717, 1.165) is 20.4 Å². The summed E-state index contributed by atoms with van der Waals surface area (Å²) in [7, 11) is 0. The first-order valence-electron chi connectivity index (χ1n) is 5.03. The molecule has 0 spiro atoms. The van der Waals surface area contributed by atoms with Gasteiger partial charge in [0.1, 0.15) is 6.10 Å². The lowest BCUT2D eigenvalue weighted by Crippen LogP contribution is -2.00. The van der Waals surface area contributed by atoms with Gasteiger partial charge in [0, 0.05) is 21.0 Å². The second-order valence-electron chi connectivity index (χ2n) is 3.69. The first-order valence-corrected chi connectivity index (χ1v) is 6.11. The summed E-state index contributed by atoms with van der Waals surface area (Å²) in [6.45, 7) is 1.93. The molecule has 0 fully saturated rings. The maximum absolute atomic E-state index is 10.2. The van der Waals surface area contributed by atoms with Crippen LogP contribution in [-0.2, 0) is 0 Å². The Morgan fingerprint density at radius 1 is 1.19 bits per heavy atom. The molecule has 0 aliphatic heterocycles. The van der Waals surface area contributed by atoms with Crippen LogP contribution in [0.4, 0.5) is 0 Å². The van der Waals surface area contributed by atoms with E-state index in [1.165, 1.54) is 0 Å². The van der Waals surface area contributed by atoms with Crippen LogP contribution in [-0.4, -0.2) is 10.1 Å². The smallest absolute Gasteiger partial charge is 0.106 e. The molecule has 1 atom stereocenters. The predicted octanol–water partition coefficient (Wildman–Crippen LogP) is 3.08. The number of aryl methyl sites for hydroxylation is 1. The van der Waals surface area contributed by atoms with E-state index in [0.29, 0.717) is 0 Å². The van der Waals surface area contributed by atoms with E-state index >= 15 is 0 Å². The molecule has 2 aromatic rings. The Morgan fingerprint density at radius 3 is 2.62 bits per heavy atom. The Balaban J connectivity index is 2.31. The molecule has 16 heavy (non-hydrogen) atoms. The van der Waals surface area contributed by atoms with Crippen LogP contribution in [0.1, 0.15) is 22.9 Å². The normalized spacial score (nSPS) is 12.4. The lowest BCUT2D eigenvalue weighted by atomic mass is 10.0. The van der Waals surface area contributed by atoms with Gasteiger partial charge in [-0.05, 0) is 53.3 Å². The third-order valence-corrected chi connectivity index (χ3v) is 3.09. The quantitative estimate of drug-likeness (QED) is 0.861. The van der Waals surface area contributed by atoms with Crippen LogP contribution in [0.25, 0.3) is 0 Å². The Bertz CT molecular complexity index is 482. The first-order chi connectivity index (χ1) is 7.66. The molecule has 0 aliphatic carbocycles. The summed E-state index contributed by atoms with van der Waals surface area (Å²) in [5.74, 6) is 0. The number of hydrogen-bond donors (Lipinski definition) is 1. The molecule has 1 aromatic carbocycles. The fraction of sp³-hybridized carbons (Fsp3) is 0.154. The van der Waals surface area contributed by atoms with Gasteiger partial charge in [-0.25, -0.2) is 0 Å². The maximum Gasteiger partial charge on any atom is 0.106 e. The molecule has 1 aromatic heterocycles. The number of nitrogens with zero attached hydrogens (tertiary/aromatic N) is 1. The summed E-state index contributed by atoms with van der Waals surface area (Å²) in [4.78, 5) is 4.19. The van der Waals surface area contributed by atoms with Gasteiger partial charge in [0.25, 0.3) is 0 Å². The summed E-state index contributed by atoms with van der Waals surface area (Å²) in [5.41, 5.74) is 2.68. The Hall–Kier alpha value is -0.940. The molecule has 2 nitrogen and oxygen atoms in total. The number of benzene rings is 1. The number of pyridine rings is 1. The van der Waals surface area contributed by atoms with Crippen molar-refractivity contribution in [3.8, 4) is 0 Å². The first kappa shape index (κ1) is 11.5. The zero-order valence-corrected chi connectivity index (χ0v) is 11.0. The van der Waals surface area contributed by atoms with E-state index < -0.39 is 6.10 Å². The van der Waals surface area contributed by atoms with E-state index in [1.54, 1.807) is 6.20 Å². The van der Waals surface area contributed by atoms with Gasteiger partial charge in [-0.3, -0.25) is 4.98 Å². The van der Waals surface area contributed by atoms with Crippen LogP contribution in [0.2, 0.25) is 0 Å². The zero-order chi connectivity index (χ0) is 11.5. The molecule has 0 bridgehead atoms. The van der Waals surface area contributed by atoms with E-state index in [2.05, 4.69) is 27.6 Å². The van der Waals surface area contributed by atoms with Crippen LogP contribution in [0.5, 0.6) is 0 Å². The lowest BCUT2D eigenvalue weighted by Gasteiger charge is -2.11. The van der Waals surface area contributed by atoms with E-state index in [4.69, 9.17) is 0 Å². The minimum atomic E-state index is -0.595. The molecule has 0 saturated carbocycles. The van der Waals surface area contributed by atoms with Crippen molar-refractivity contribution in [3.63, 3.8) is 0 Å². The number of aliphatic hydroxyl groups is 1. The highest BCUT2D eigenvalue weighted by atomic mass is 127. The zero-order valence-electron chi connectivity index (χ0n) is 8.89. The molecular formula is C13H12INO. The molecular weight excluding hydrogens is 313 g/mol. The third-order valence-electron chi connectivity index (χ3n) is 2.41. The third kappa shape index (κ3) is 2.59. The van der Waals surface area contributed by atoms with E-state index in [9.17, 15) is 5.11 Å². The van der Waals surface area contributed by atoms with Crippen LogP contribution in [0.15, 0.2) is 42.6 Å². The standard InChI is InChI=1S/C13H12INO/c1-9-5-6-11(8-15-9)13(16)10-3-2-4-12(14)7-10/h2-8,13,16H,1H3.